The Morgan fingerprint density at radius 3 is 1.41 bits per heavy atom. The third-order valence-corrected chi connectivity index (χ3v) is 5.14. The Bertz CT molecular complexity index is 209. The molecule has 2 rings (SSSR count). The van der Waals surface area contributed by atoms with Gasteiger partial charge in [-0.3, -0.25) is 0 Å². The Morgan fingerprint density at radius 2 is 1.18 bits per heavy atom. The number of thiol groups is 1. The molecule has 0 spiro atoms. The lowest BCUT2D eigenvalue weighted by Crippen LogP contribution is -2.44. The molecule has 0 aromatic rings. The Morgan fingerprint density at radius 1 is 0.824 bits per heavy atom. The summed E-state index contributed by atoms with van der Waals surface area (Å²) in [6.45, 7) is 14.2. The van der Waals surface area contributed by atoms with Gasteiger partial charge in [-0.1, -0.05) is 60.8 Å². The summed E-state index contributed by atoms with van der Waals surface area (Å²) in [7, 11) is 0. The molecule has 4 unspecified atom stereocenters. The van der Waals surface area contributed by atoms with Gasteiger partial charge in [0.2, 0.25) is 0 Å². The number of rotatable bonds is 1. The third-order valence-electron chi connectivity index (χ3n) is 4.84. The zero-order valence-electron chi connectivity index (χ0n) is 12.7. The summed E-state index contributed by atoms with van der Waals surface area (Å²) < 4.78 is 0.168. The summed E-state index contributed by atoms with van der Waals surface area (Å²) in [5.41, 5.74) is 0. The molecule has 4 atom stereocenters. The SMILES string of the molecule is C1CC1.CC1CC(C)C(C)C(C(C)(C)S)C1C. The molecule has 0 aliphatic heterocycles. The normalized spacial score (nSPS) is 41.5. The lowest BCUT2D eigenvalue weighted by Gasteiger charge is -2.48. The largest absolute Gasteiger partial charge is 0.173 e. The van der Waals surface area contributed by atoms with Gasteiger partial charge in [-0.2, -0.15) is 12.6 Å². The zero-order valence-corrected chi connectivity index (χ0v) is 13.6. The molecule has 0 aromatic carbocycles. The minimum absolute atomic E-state index is 0.168. The van der Waals surface area contributed by atoms with Crippen molar-refractivity contribution in [2.24, 2.45) is 29.6 Å². The predicted octanol–water partition coefficient (Wildman–Crippen LogP) is 5.43. The molecule has 0 saturated heterocycles. The lowest BCUT2D eigenvalue weighted by atomic mass is 9.60. The predicted molar refractivity (Wildman–Crippen MR) is 81.7 cm³/mol. The monoisotopic (exact) mass is 256 g/mol. The van der Waals surface area contributed by atoms with Crippen LogP contribution in [0.15, 0.2) is 0 Å². The van der Waals surface area contributed by atoms with Gasteiger partial charge in [-0.15, -0.1) is 0 Å². The molecule has 2 fully saturated rings. The first-order chi connectivity index (χ1) is 7.75. The standard InChI is InChI=1S/C13H26S.C3H6/c1-8-7-9(2)11(4)12(10(8)3)13(5,6)14;1-2-3-1/h8-12,14H,7H2,1-6H3;1-3H2. The third kappa shape index (κ3) is 4.50. The molecule has 0 aromatic heterocycles. The molecule has 2 saturated carbocycles. The van der Waals surface area contributed by atoms with Crippen LogP contribution in [0, 0.1) is 29.6 Å². The van der Waals surface area contributed by atoms with Crippen molar-refractivity contribution < 1.29 is 0 Å². The average Bonchev–Trinajstić information content (AvgIpc) is 2.99. The summed E-state index contributed by atoms with van der Waals surface area (Å²) >= 11 is 4.80. The molecule has 0 radical (unpaired) electrons. The van der Waals surface area contributed by atoms with Crippen molar-refractivity contribution in [2.45, 2.75) is 72.0 Å². The topological polar surface area (TPSA) is 0 Å². The summed E-state index contributed by atoms with van der Waals surface area (Å²) in [6, 6.07) is 0. The molecule has 0 heterocycles. The summed E-state index contributed by atoms with van der Waals surface area (Å²) in [4.78, 5) is 0. The van der Waals surface area contributed by atoms with Crippen LogP contribution in [0.1, 0.15) is 67.2 Å². The van der Waals surface area contributed by atoms with E-state index in [9.17, 15) is 0 Å². The second-order valence-electron chi connectivity index (χ2n) is 7.15. The molecule has 2 aliphatic carbocycles. The van der Waals surface area contributed by atoms with Crippen molar-refractivity contribution in [1.29, 1.82) is 0 Å². The maximum Gasteiger partial charge on any atom is 0.0107 e. The Kier molecular flexibility index (Phi) is 5.43. The summed E-state index contributed by atoms with van der Waals surface area (Å²) in [6.07, 6.45) is 5.89. The van der Waals surface area contributed by atoms with E-state index in [4.69, 9.17) is 12.6 Å². The van der Waals surface area contributed by atoms with Crippen LogP contribution in [0.25, 0.3) is 0 Å². The maximum absolute atomic E-state index is 4.80. The van der Waals surface area contributed by atoms with E-state index in [0.717, 1.165) is 29.6 Å². The highest BCUT2D eigenvalue weighted by molar-refractivity contribution is 7.81. The molecule has 2 aliphatic rings. The van der Waals surface area contributed by atoms with Crippen molar-refractivity contribution in [2.75, 3.05) is 0 Å². The van der Waals surface area contributed by atoms with E-state index in [1.54, 1.807) is 0 Å². The van der Waals surface area contributed by atoms with Crippen LogP contribution in [0.3, 0.4) is 0 Å². The second kappa shape index (κ2) is 5.99. The first kappa shape index (κ1) is 15.4. The van der Waals surface area contributed by atoms with Crippen LogP contribution in [0.2, 0.25) is 0 Å². The lowest BCUT2D eigenvalue weighted by molar-refractivity contribution is 0.0533. The van der Waals surface area contributed by atoms with Crippen molar-refractivity contribution >= 4 is 12.6 Å². The number of hydrogen-bond acceptors (Lipinski definition) is 1. The van der Waals surface area contributed by atoms with E-state index < -0.39 is 0 Å². The second-order valence-corrected chi connectivity index (χ2v) is 8.30. The first-order valence-electron chi connectivity index (χ1n) is 7.47. The highest BCUT2D eigenvalue weighted by Crippen LogP contribution is 2.48. The van der Waals surface area contributed by atoms with Gasteiger partial charge < -0.3 is 0 Å². The molecule has 17 heavy (non-hydrogen) atoms. The van der Waals surface area contributed by atoms with E-state index in [1.165, 1.54) is 25.7 Å². The van der Waals surface area contributed by atoms with Crippen LogP contribution in [-0.4, -0.2) is 4.75 Å². The van der Waals surface area contributed by atoms with Gasteiger partial charge >= 0.3 is 0 Å². The maximum atomic E-state index is 4.80. The Balaban J connectivity index is 0.000000415. The van der Waals surface area contributed by atoms with Gasteiger partial charge in [-0.05, 0) is 36.0 Å². The van der Waals surface area contributed by atoms with Crippen molar-refractivity contribution in [3.8, 4) is 0 Å². The van der Waals surface area contributed by atoms with Gasteiger partial charge in [0.1, 0.15) is 0 Å². The molecular weight excluding hydrogens is 224 g/mol. The fourth-order valence-corrected chi connectivity index (χ4v) is 3.96. The highest BCUT2D eigenvalue weighted by atomic mass is 32.1. The van der Waals surface area contributed by atoms with Gasteiger partial charge in [0.05, 0.1) is 0 Å². The molecule has 102 valence electrons. The van der Waals surface area contributed by atoms with Crippen LogP contribution in [-0.2, 0) is 0 Å². The number of hydrogen-bond donors (Lipinski definition) is 1. The quantitative estimate of drug-likeness (QED) is 0.594. The minimum atomic E-state index is 0.168. The van der Waals surface area contributed by atoms with Gasteiger partial charge in [0.15, 0.2) is 0 Å². The highest BCUT2D eigenvalue weighted by Gasteiger charge is 2.42. The van der Waals surface area contributed by atoms with Crippen LogP contribution in [0.4, 0.5) is 0 Å². The van der Waals surface area contributed by atoms with Crippen molar-refractivity contribution in [1.82, 2.24) is 0 Å². The van der Waals surface area contributed by atoms with E-state index in [0.29, 0.717) is 0 Å². The van der Waals surface area contributed by atoms with E-state index in [2.05, 4.69) is 41.5 Å². The Labute approximate surface area is 114 Å². The molecule has 0 N–H and O–H groups in total. The smallest absolute Gasteiger partial charge is 0.0107 e. The molecule has 0 amide bonds. The minimum Gasteiger partial charge on any atom is -0.173 e. The van der Waals surface area contributed by atoms with E-state index in [-0.39, 0.29) is 4.75 Å². The molecule has 0 bridgehead atoms. The van der Waals surface area contributed by atoms with Crippen molar-refractivity contribution in [3.63, 3.8) is 0 Å². The zero-order chi connectivity index (χ0) is 13.2. The van der Waals surface area contributed by atoms with Crippen molar-refractivity contribution in [3.05, 3.63) is 0 Å². The molecule has 0 nitrogen and oxygen atoms in total. The summed E-state index contributed by atoms with van der Waals surface area (Å²) in [5.74, 6) is 4.10. The Hall–Kier alpha value is 0.350. The van der Waals surface area contributed by atoms with E-state index in [1.807, 2.05) is 0 Å². The van der Waals surface area contributed by atoms with Gasteiger partial charge in [0.25, 0.3) is 0 Å². The van der Waals surface area contributed by atoms with Gasteiger partial charge in [0, 0.05) is 4.75 Å². The van der Waals surface area contributed by atoms with Gasteiger partial charge in [-0.25, -0.2) is 0 Å². The van der Waals surface area contributed by atoms with Crippen LogP contribution in [0.5, 0.6) is 0 Å². The van der Waals surface area contributed by atoms with E-state index >= 15 is 0 Å². The first-order valence-corrected chi connectivity index (χ1v) is 7.92. The fourth-order valence-electron chi connectivity index (χ4n) is 3.49. The summed E-state index contributed by atoms with van der Waals surface area (Å²) in [5, 5.41) is 0. The van der Waals surface area contributed by atoms with Crippen LogP contribution >= 0.6 is 12.6 Å². The average molecular weight is 256 g/mol. The van der Waals surface area contributed by atoms with Crippen LogP contribution < -0.4 is 0 Å². The molecular formula is C16H32S. The molecule has 1 heteroatoms. The fraction of sp³-hybridized carbons (Fsp3) is 1.00.